The van der Waals surface area contributed by atoms with Gasteiger partial charge in [-0.2, -0.15) is 0 Å². The molecule has 2 atom stereocenters. The van der Waals surface area contributed by atoms with Crippen LogP contribution in [0.4, 0.5) is 0 Å². The second kappa shape index (κ2) is 4.57. The first-order chi connectivity index (χ1) is 7.59. The predicted molar refractivity (Wildman–Crippen MR) is 63.3 cm³/mol. The number of alkyl halides is 1. The van der Waals surface area contributed by atoms with Crippen LogP contribution >= 0.6 is 15.9 Å². The van der Waals surface area contributed by atoms with Crippen LogP contribution in [0.25, 0.3) is 0 Å². The standard InChI is InChI=1S/C11H15BrN2O2/c1-7-6-10(16-13-7)9-4-3-5-14(9)11(15)8(2)12/h6,8-9H,3-5H2,1-2H3. The van der Waals surface area contributed by atoms with E-state index in [4.69, 9.17) is 4.52 Å². The molecule has 0 saturated carbocycles. The van der Waals surface area contributed by atoms with Crippen molar-refractivity contribution < 1.29 is 9.32 Å². The summed E-state index contributed by atoms with van der Waals surface area (Å²) in [6.07, 6.45) is 1.98. The van der Waals surface area contributed by atoms with E-state index in [1.165, 1.54) is 0 Å². The summed E-state index contributed by atoms with van der Waals surface area (Å²) in [5.41, 5.74) is 0.862. The van der Waals surface area contributed by atoms with Gasteiger partial charge >= 0.3 is 0 Å². The zero-order chi connectivity index (χ0) is 11.7. The lowest BCUT2D eigenvalue weighted by atomic mass is 10.1. The number of halogens is 1. The average molecular weight is 287 g/mol. The highest BCUT2D eigenvalue weighted by Crippen LogP contribution is 2.33. The van der Waals surface area contributed by atoms with E-state index in [2.05, 4.69) is 21.1 Å². The largest absolute Gasteiger partial charge is 0.359 e. The van der Waals surface area contributed by atoms with E-state index in [-0.39, 0.29) is 16.8 Å². The highest BCUT2D eigenvalue weighted by Gasteiger charge is 2.33. The van der Waals surface area contributed by atoms with Gasteiger partial charge in [-0.1, -0.05) is 21.1 Å². The van der Waals surface area contributed by atoms with Gasteiger partial charge < -0.3 is 9.42 Å². The van der Waals surface area contributed by atoms with E-state index in [1.54, 1.807) is 0 Å². The third-order valence-corrected chi connectivity index (χ3v) is 3.24. The maximum absolute atomic E-state index is 12.0. The molecule has 1 aromatic heterocycles. The Hall–Kier alpha value is -0.840. The number of likely N-dealkylation sites (tertiary alicyclic amines) is 1. The number of carbonyl (C=O) groups is 1. The molecule has 5 heteroatoms. The molecule has 0 radical (unpaired) electrons. The van der Waals surface area contributed by atoms with Crippen LogP contribution in [-0.2, 0) is 4.79 Å². The minimum absolute atomic E-state index is 0.0636. The quantitative estimate of drug-likeness (QED) is 0.785. The molecule has 0 N–H and O–H groups in total. The number of aryl methyl sites for hydroxylation is 1. The summed E-state index contributed by atoms with van der Waals surface area (Å²) in [5.74, 6) is 0.924. The Morgan fingerprint density at radius 1 is 1.75 bits per heavy atom. The Morgan fingerprint density at radius 2 is 2.50 bits per heavy atom. The fourth-order valence-corrected chi connectivity index (χ4v) is 2.36. The molecule has 1 amide bonds. The smallest absolute Gasteiger partial charge is 0.236 e. The number of amides is 1. The number of rotatable bonds is 2. The van der Waals surface area contributed by atoms with Gasteiger partial charge in [0.1, 0.15) is 0 Å². The molecule has 2 unspecified atom stereocenters. The van der Waals surface area contributed by atoms with E-state index in [0.717, 1.165) is 30.8 Å². The van der Waals surface area contributed by atoms with Crippen LogP contribution in [0.1, 0.15) is 37.3 Å². The summed E-state index contributed by atoms with van der Waals surface area (Å²) >= 11 is 3.32. The number of hydrogen-bond acceptors (Lipinski definition) is 3. The molecule has 1 saturated heterocycles. The van der Waals surface area contributed by atoms with Gasteiger partial charge in [-0.3, -0.25) is 4.79 Å². The zero-order valence-electron chi connectivity index (χ0n) is 9.44. The van der Waals surface area contributed by atoms with Crippen LogP contribution in [0.3, 0.4) is 0 Å². The first-order valence-electron chi connectivity index (χ1n) is 5.47. The van der Waals surface area contributed by atoms with Gasteiger partial charge in [0.25, 0.3) is 0 Å². The molecule has 1 aliphatic heterocycles. The van der Waals surface area contributed by atoms with Crippen molar-refractivity contribution in [3.05, 3.63) is 17.5 Å². The average Bonchev–Trinajstić information content (AvgIpc) is 2.83. The first kappa shape index (κ1) is 11.6. The first-order valence-corrected chi connectivity index (χ1v) is 6.39. The second-order valence-electron chi connectivity index (χ2n) is 4.18. The molecule has 0 spiro atoms. The van der Waals surface area contributed by atoms with Gasteiger partial charge in [0.15, 0.2) is 5.76 Å². The molecule has 88 valence electrons. The fourth-order valence-electron chi connectivity index (χ4n) is 2.10. The monoisotopic (exact) mass is 286 g/mol. The Bertz CT molecular complexity index is 389. The maximum Gasteiger partial charge on any atom is 0.236 e. The summed E-state index contributed by atoms with van der Waals surface area (Å²) in [6.45, 7) is 4.55. The van der Waals surface area contributed by atoms with Crippen molar-refractivity contribution in [1.29, 1.82) is 0 Å². The molecule has 0 aromatic carbocycles. The maximum atomic E-state index is 12.0. The van der Waals surface area contributed by atoms with Gasteiger partial charge in [-0.05, 0) is 26.7 Å². The Kier molecular flexibility index (Phi) is 3.33. The highest BCUT2D eigenvalue weighted by atomic mass is 79.9. The van der Waals surface area contributed by atoms with Gasteiger partial charge in [0.2, 0.25) is 5.91 Å². The lowest BCUT2D eigenvalue weighted by Gasteiger charge is -2.23. The summed E-state index contributed by atoms with van der Waals surface area (Å²) in [7, 11) is 0. The minimum Gasteiger partial charge on any atom is -0.359 e. The van der Waals surface area contributed by atoms with E-state index < -0.39 is 0 Å². The minimum atomic E-state index is -0.142. The summed E-state index contributed by atoms with van der Waals surface area (Å²) in [6, 6.07) is 1.98. The van der Waals surface area contributed by atoms with Crippen molar-refractivity contribution in [2.24, 2.45) is 0 Å². The Balaban J connectivity index is 2.18. The van der Waals surface area contributed by atoms with Gasteiger partial charge in [-0.25, -0.2) is 0 Å². The molecular formula is C11H15BrN2O2. The van der Waals surface area contributed by atoms with Crippen LogP contribution < -0.4 is 0 Å². The van der Waals surface area contributed by atoms with Gasteiger partial charge in [-0.15, -0.1) is 0 Å². The van der Waals surface area contributed by atoms with E-state index in [9.17, 15) is 4.79 Å². The highest BCUT2D eigenvalue weighted by molar-refractivity contribution is 9.10. The molecule has 1 aromatic rings. The molecule has 0 bridgehead atoms. The third kappa shape index (κ3) is 2.14. The number of nitrogens with zero attached hydrogens (tertiary/aromatic N) is 2. The van der Waals surface area contributed by atoms with E-state index >= 15 is 0 Å². The molecule has 1 aliphatic rings. The van der Waals surface area contributed by atoms with Gasteiger partial charge in [0.05, 0.1) is 16.6 Å². The zero-order valence-corrected chi connectivity index (χ0v) is 11.0. The topological polar surface area (TPSA) is 46.3 Å². The van der Waals surface area contributed by atoms with Crippen LogP contribution in [0.2, 0.25) is 0 Å². The normalized spacial score (nSPS) is 22.4. The molecule has 0 aliphatic carbocycles. The SMILES string of the molecule is Cc1cc(C2CCCN2C(=O)C(C)Br)on1. The van der Waals surface area contributed by atoms with Crippen molar-refractivity contribution in [1.82, 2.24) is 10.1 Å². The van der Waals surface area contributed by atoms with Crippen molar-refractivity contribution in [2.75, 3.05) is 6.54 Å². The molecule has 4 nitrogen and oxygen atoms in total. The molecule has 1 fully saturated rings. The molecule has 2 heterocycles. The van der Waals surface area contributed by atoms with E-state index in [1.807, 2.05) is 24.8 Å². The lowest BCUT2D eigenvalue weighted by molar-refractivity contribution is -0.131. The summed E-state index contributed by atoms with van der Waals surface area (Å²) in [5, 5.41) is 3.88. The predicted octanol–water partition coefficient (Wildman–Crippen LogP) is 2.43. The molecule has 2 rings (SSSR count). The summed E-state index contributed by atoms with van der Waals surface area (Å²) < 4.78 is 5.25. The second-order valence-corrected chi connectivity index (χ2v) is 5.55. The van der Waals surface area contributed by atoms with Crippen molar-refractivity contribution in [2.45, 2.75) is 37.6 Å². The van der Waals surface area contributed by atoms with Crippen molar-refractivity contribution in [3.8, 4) is 0 Å². The van der Waals surface area contributed by atoms with Crippen molar-refractivity contribution in [3.63, 3.8) is 0 Å². The van der Waals surface area contributed by atoms with E-state index in [0.29, 0.717) is 0 Å². The van der Waals surface area contributed by atoms with Crippen LogP contribution in [0.5, 0.6) is 0 Å². The van der Waals surface area contributed by atoms with Gasteiger partial charge in [0, 0.05) is 12.6 Å². The Labute approximate surface area is 103 Å². The number of aromatic nitrogens is 1. The molecule has 16 heavy (non-hydrogen) atoms. The van der Waals surface area contributed by atoms with Crippen LogP contribution in [0, 0.1) is 6.92 Å². The number of carbonyl (C=O) groups excluding carboxylic acids is 1. The Morgan fingerprint density at radius 3 is 3.06 bits per heavy atom. The number of hydrogen-bond donors (Lipinski definition) is 0. The molecular weight excluding hydrogens is 272 g/mol. The summed E-state index contributed by atoms with van der Waals surface area (Å²) in [4.78, 5) is 13.7. The lowest BCUT2D eigenvalue weighted by Crippen LogP contribution is -2.34. The fraction of sp³-hybridized carbons (Fsp3) is 0.636. The van der Waals surface area contributed by atoms with Crippen molar-refractivity contribution >= 4 is 21.8 Å². The third-order valence-electron chi connectivity index (χ3n) is 2.85. The van der Waals surface area contributed by atoms with Crippen LogP contribution in [-0.4, -0.2) is 27.3 Å². The van der Waals surface area contributed by atoms with Crippen LogP contribution in [0.15, 0.2) is 10.6 Å².